The second-order valence-electron chi connectivity index (χ2n) is 13.4. The van der Waals surface area contributed by atoms with Gasteiger partial charge in [0.2, 0.25) is 5.91 Å². The minimum Gasteiger partial charge on any atom is -0.394 e. The second-order valence-corrected chi connectivity index (χ2v) is 13.4. The van der Waals surface area contributed by atoms with Crippen LogP contribution < -0.4 is 5.32 Å². The molecule has 288 valence electrons. The third kappa shape index (κ3) is 10.8. The van der Waals surface area contributed by atoms with Crippen molar-refractivity contribution in [3.63, 3.8) is 0 Å². The Labute approximate surface area is 315 Å². The van der Waals surface area contributed by atoms with E-state index in [0.29, 0.717) is 0 Å². The highest BCUT2D eigenvalue weighted by Gasteiger charge is 2.53. The van der Waals surface area contributed by atoms with Crippen LogP contribution >= 0.6 is 0 Å². The molecule has 0 aromatic heterocycles. The third-order valence-electron chi connectivity index (χ3n) is 9.37. The van der Waals surface area contributed by atoms with Gasteiger partial charge in [0.1, 0.15) is 48.8 Å². The number of rotatable bonds is 17. The van der Waals surface area contributed by atoms with Crippen LogP contribution in [0.3, 0.4) is 0 Å². The molecule has 0 radical (unpaired) electrons. The molecule has 12 nitrogen and oxygen atoms in total. The zero-order valence-corrected chi connectivity index (χ0v) is 30.2. The van der Waals surface area contributed by atoms with Gasteiger partial charge >= 0.3 is 0 Å². The summed E-state index contributed by atoms with van der Waals surface area (Å²) in [4.78, 5) is 12.5. The maximum absolute atomic E-state index is 12.5. The van der Waals surface area contributed by atoms with Gasteiger partial charge in [-0.3, -0.25) is 4.79 Å². The lowest BCUT2D eigenvalue weighted by molar-refractivity contribution is -0.358. The Kier molecular flexibility index (Phi) is 14.7. The van der Waals surface area contributed by atoms with Crippen molar-refractivity contribution in [2.75, 3.05) is 13.2 Å². The Bertz CT molecular complexity index is 1670. The molecular weight excluding hydrogens is 694 g/mol. The molecule has 10 unspecified atom stereocenters. The van der Waals surface area contributed by atoms with Crippen molar-refractivity contribution in [2.24, 2.45) is 0 Å². The van der Waals surface area contributed by atoms with Gasteiger partial charge in [0.15, 0.2) is 12.6 Å². The molecule has 4 aromatic carbocycles. The highest BCUT2D eigenvalue weighted by Crippen LogP contribution is 2.33. The molecule has 2 saturated heterocycles. The first kappa shape index (κ1) is 39.6. The Morgan fingerprint density at radius 2 is 1.07 bits per heavy atom. The number of hydrogen-bond acceptors (Lipinski definition) is 11. The molecule has 0 spiro atoms. The fraction of sp³-hybridized carbons (Fsp3) is 0.405. The van der Waals surface area contributed by atoms with E-state index in [4.69, 9.17) is 33.2 Å². The van der Waals surface area contributed by atoms with E-state index in [1.165, 1.54) is 6.92 Å². The molecule has 2 fully saturated rings. The summed E-state index contributed by atoms with van der Waals surface area (Å²) in [6.07, 6.45) is -10.2. The smallest absolute Gasteiger partial charge is 0.217 e. The van der Waals surface area contributed by atoms with Gasteiger partial charge in [0.05, 0.1) is 39.6 Å². The molecule has 2 heterocycles. The van der Waals surface area contributed by atoms with Crippen LogP contribution in [0.1, 0.15) is 29.2 Å². The predicted octanol–water partition coefficient (Wildman–Crippen LogP) is 3.64. The lowest BCUT2D eigenvalue weighted by atomic mass is 9.95. The van der Waals surface area contributed by atoms with Crippen molar-refractivity contribution >= 4 is 5.91 Å². The van der Waals surface area contributed by atoms with Crippen LogP contribution in [-0.2, 0) is 64.4 Å². The van der Waals surface area contributed by atoms with Crippen molar-refractivity contribution in [2.45, 2.75) is 94.7 Å². The first-order valence-corrected chi connectivity index (χ1v) is 18.2. The molecule has 2 aliphatic heterocycles. The van der Waals surface area contributed by atoms with Crippen molar-refractivity contribution in [1.29, 1.82) is 0 Å². The number of hydrogen-bond donors (Lipinski definition) is 4. The monoisotopic (exact) mass is 743 g/mol. The average molecular weight is 744 g/mol. The molecular formula is C42H49NO11. The maximum atomic E-state index is 12.5. The number of carbonyl (C=O) groups excluding carboxylic acids is 1. The van der Waals surface area contributed by atoms with Crippen LogP contribution in [0.15, 0.2) is 121 Å². The summed E-state index contributed by atoms with van der Waals surface area (Å²) in [5.74, 6) is -0.416. The van der Waals surface area contributed by atoms with Gasteiger partial charge in [-0.05, 0) is 22.3 Å². The molecule has 0 saturated carbocycles. The molecule has 1 amide bonds. The minimum atomic E-state index is -1.48. The summed E-state index contributed by atoms with van der Waals surface area (Å²) in [7, 11) is 0. The van der Waals surface area contributed by atoms with E-state index >= 15 is 0 Å². The van der Waals surface area contributed by atoms with Gasteiger partial charge in [-0.1, -0.05) is 121 Å². The highest BCUT2D eigenvalue weighted by atomic mass is 16.7. The average Bonchev–Trinajstić information content (AvgIpc) is 3.19. The molecule has 0 aliphatic carbocycles. The Morgan fingerprint density at radius 1 is 0.611 bits per heavy atom. The van der Waals surface area contributed by atoms with Gasteiger partial charge in [-0.25, -0.2) is 0 Å². The van der Waals surface area contributed by atoms with E-state index in [-0.39, 0.29) is 33.0 Å². The first-order chi connectivity index (χ1) is 26.4. The maximum Gasteiger partial charge on any atom is 0.217 e. The first-order valence-electron chi connectivity index (χ1n) is 18.2. The third-order valence-corrected chi connectivity index (χ3v) is 9.37. The summed E-state index contributed by atoms with van der Waals surface area (Å²) in [5, 5.41) is 36.6. The summed E-state index contributed by atoms with van der Waals surface area (Å²) in [6.45, 7) is 1.43. The molecule has 4 aromatic rings. The van der Waals surface area contributed by atoms with Crippen LogP contribution in [0.25, 0.3) is 0 Å². The van der Waals surface area contributed by atoms with E-state index in [9.17, 15) is 20.1 Å². The van der Waals surface area contributed by atoms with E-state index in [2.05, 4.69) is 5.32 Å². The number of benzene rings is 4. The SMILES string of the molecule is CC(=O)NC1C(O)OC(COCc2ccccc2)C(OC2OC(CO)C(OCc3ccccc3)C(O)C2OCc2ccccc2)C1OCc1ccccc1. The zero-order chi connectivity index (χ0) is 37.7. The number of nitrogens with one attached hydrogen (secondary N) is 1. The van der Waals surface area contributed by atoms with Crippen LogP contribution in [0.4, 0.5) is 0 Å². The number of aliphatic hydroxyl groups is 3. The van der Waals surface area contributed by atoms with E-state index in [1.807, 2.05) is 121 Å². The van der Waals surface area contributed by atoms with Gasteiger partial charge in [-0.15, -0.1) is 0 Å². The van der Waals surface area contributed by atoms with Gasteiger partial charge < -0.3 is 53.8 Å². The fourth-order valence-electron chi connectivity index (χ4n) is 6.66. The van der Waals surface area contributed by atoms with Gasteiger partial charge in [0.25, 0.3) is 0 Å². The molecule has 0 bridgehead atoms. The molecule has 6 rings (SSSR count). The molecule has 12 heteroatoms. The predicted molar refractivity (Wildman–Crippen MR) is 196 cm³/mol. The molecule has 54 heavy (non-hydrogen) atoms. The summed E-state index contributed by atoms with van der Waals surface area (Å²) in [6, 6.07) is 36.9. The summed E-state index contributed by atoms with van der Waals surface area (Å²) >= 11 is 0. The lowest BCUT2D eigenvalue weighted by Crippen LogP contribution is -2.68. The minimum absolute atomic E-state index is 0.0360. The summed E-state index contributed by atoms with van der Waals surface area (Å²) < 4.78 is 44.4. The Morgan fingerprint density at radius 3 is 1.56 bits per heavy atom. The molecule has 2 aliphatic rings. The molecule has 10 atom stereocenters. The zero-order valence-electron chi connectivity index (χ0n) is 30.2. The molecule has 4 N–H and O–H groups in total. The normalized spacial score (nSPS) is 28.4. The second kappa shape index (κ2) is 20.0. The Hall–Kier alpha value is -4.05. The lowest BCUT2D eigenvalue weighted by Gasteiger charge is -2.49. The number of amides is 1. The largest absolute Gasteiger partial charge is 0.394 e. The topological polar surface area (TPSA) is 154 Å². The summed E-state index contributed by atoms with van der Waals surface area (Å²) in [5.41, 5.74) is 3.50. The van der Waals surface area contributed by atoms with Crippen LogP contribution in [0.2, 0.25) is 0 Å². The fourth-order valence-corrected chi connectivity index (χ4v) is 6.66. The van der Waals surface area contributed by atoms with Crippen molar-refractivity contribution < 1.29 is 53.3 Å². The van der Waals surface area contributed by atoms with Gasteiger partial charge in [-0.2, -0.15) is 0 Å². The van der Waals surface area contributed by atoms with Crippen LogP contribution in [0, 0.1) is 0 Å². The van der Waals surface area contributed by atoms with Gasteiger partial charge in [0, 0.05) is 6.92 Å². The van der Waals surface area contributed by atoms with Crippen molar-refractivity contribution in [3.8, 4) is 0 Å². The van der Waals surface area contributed by atoms with Crippen LogP contribution in [0.5, 0.6) is 0 Å². The van der Waals surface area contributed by atoms with E-state index in [1.54, 1.807) is 0 Å². The number of carbonyl (C=O) groups is 1. The van der Waals surface area contributed by atoms with E-state index in [0.717, 1.165) is 22.3 Å². The number of ether oxygens (including phenoxy) is 7. The van der Waals surface area contributed by atoms with E-state index < -0.39 is 73.9 Å². The standard InChI is InChI=1S/C42H49NO11/c1-28(45)43-35-39(50-25-31-18-10-4-11-19-31)38(34(52-41(35)47)27-48-23-29-14-6-2-7-15-29)54-42-40(51-26-32-20-12-5-13-21-32)36(46)37(33(22-44)53-42)49-24-30-16-8-3-9-17-30/h2-21,33-42,44,46-47H,22-27H2,1H3,(H,43,45). The quantitative estimate of drug-likeness (QED) is 0.125. The highest BCUT2D eigenvalue weighted by molar-refractivity contribution is 5.73. The van der Waals surface area contributed by atoms with Crippen molar-refractivity contribution in [1.82, 2.24) is 5.32 Å². The van der Waals surface area contributed by atoms with Crippen LogP contribution in [-0.4, -0.2) is 95.8 Å². The van der Waals surface area contributed by atoms with Crippen molar-refractivity contribution in [3.05, 3.63) is 144 Å². The number of aliphatic hydroxyl groups excluding tert-OH is 3. The Balaban J connectivity index is 1.30.